The van der Waals surface area contributed by atoms with Crippen LogP contribution in [0.5, 0.6) is 11.5 Å². The van der Waals surface area contributed by atoms with Gasteiger partial charge in [0.1, 0.15) is 6.61 Å². The molecule has 140 valence electrons. The predicted molar refractivity (Wildman–Crippen MR) is 109 cm³/mol. The molecule has 0 saturated carbocycles. The molecule has 1 fully saturated rings. The summed E-state index contributed by atoms with van der Waals surface area (Å²) < 4.78 is 12.5. The molecule has 0 spiro atoms. The molecule has 26 heavy (non-hydrogen) atoms. The number of hydrogen-bond acceptors (Lipinski definition) is 4. The van der Waals surface area contributed by atoms with Gasteiger partial charge in [0.25, 0.3) is 0 Å². The zero-order chi connectivity index (χ0) is 18.2. The van der Waals surface area contributed by atoms with Crippen molar-refractivity contribution < 1.29 is 9.47 Å². The number of halogens is 1. The molecule has 1 saturated heterocycles. The van der Waals surface area contributed by atoms with Crippen molar-refractivity contribution in [2.75, 3.05) is 26.7 Å². The normalized spacial score (nSPS) is 15.0. The molecule has 0 amide bonds. The largest absolute Gasteiger partial charge is 0.493 e. The van der Waals surface area contributed by atoms with Crippen LogP contribution in [0.4, 0.5) is 0 Å². The third kappa shape index (κ3) is 5.47. The van der Waals surface area contributed by atoms with E-state index in [-0.39, 0.29) is 0 Å². The molecule has 0 aliphatic carbocycles. The van der Waals surface area contributed by atoms with Crippen LogP contribution >= 0.6 is 15.9 Å². The van der Waals surface area contributed by atoms with Crippen molar-refractivity contribution in [3.05, 3.63) is 58.1 Å². The summed E-state index contributed by atoms with van der Waals surface area (Å²) in [6.45, 7) is 4.69. The maximum atomic E-state index is 6.00. The lowest BCUT2D eigenvalue weighted by molar-refractivity contribution is 0.282. The summed E-state index contributed by atoms with van der Waals surface area (Å²) in [5, 5.41) is 6.99. The van der Waals surface area contributed by atoms with Gasteiger partial charge in [0.15, 0.2) is 11.5 Å². The van der Waals surface area contributed by atoms with Crippen LogP contribution in [0.25, 0.3) is 0 Å². The first kappa shape index (κ1) is 19.2. The van der Waals surface area contributed by atoms with Gasteiger partial charge in [-0.3, -0.25) is 0 Å². The molecule has 0 aromatic heterocycles. The van der Waals surface area contributed by atoms with Crippen LogP contribution in [0.1, 0.15) is 24.0 Å². The molecular formula is C21H27BrN2O2. The van der Waals surface area contributed by atoms with Gasteiger partial charge in [-0.2, -0.15) is 0 Å². The summed E-state index contributed by atoms with van der Waals surface area (Å²) in [5.74, 6) is 2.28. The van der Waals surface area contributed by atoms with Gasteiger partial charge in [-0.05, 0) is 77.6 Å². The van der Waals surface area contributed by atoms with Crippen LogP contribution < -0.4 is 20.1 Å². The second-order valence-electron chi connectivity index (χ2n) is 6.71. The van der Waals surface area contributed by atoms with E-state index in [0.717, 1.165) is 53.6 Å². The Hall–Kier alpha value is -1.56. The lowest BCUT2D eigenvalue weighted by Crippen LogP contribution is -2.33. The molecule has 4 nitrogen and oxygen atoms in total. The fourth-order valence-corrected chi connectivity index (χ4v) is 3.86. The lowest BCUT2D eigenvalue weighted by atomic mass is 9.98. The van der Waals surface area contributed by atoms with Crippen molar-refractivity contribution >= 4 is 15.9 Å². The maximum absolute atomic E-state index is 6.00. The lowest BCUT2D eigenvalue weighted by Gasteiger charge is -2.23. The van der Waals surface area contributed by atoms with Crippen molar-refractivity contribution in [2.24, 2.45) is 5.92 Å². The minimum Gasteiger partial charge on any atom is -0.493 e. The molecule has 2 aromatic rings. The first-order chi connectivity index (χ1) is 12.8. The Morgan fingerprint density at radius 1 is 1.12 bits per heavy atom. The summed E-state index contributed by atoms with van der Waals surface area (Å²) in [6.07, 6.45) is 2.51. The smallest absolute Gasteiger partial charge is 0.175 e. The number of ether oxygens (including phenoxy) is 2. The van der Waals surface area contributed by atoms with Crippen molar-refractivity contribution in [1.29, 1.82) is 0 Å². The monoisotopic (exact) mass is 418 g/mol. The van der Waals surface area contributed by atoms with Gasteiger partial charge in [0, 0.05) is 6.54 Å². The molecular weight excluding hydrogens is 392 g/mol. The molecule has 0 radical (unpaired) electrons. The number of rotatable bonds is 8. The SMILES string of the molecule is COc1cc(CNCC2CCNCC2)cc(Br)c1OCc1ccccc1. The van der Waals surface area contributed by atoms with E-state index < -0.39 is 0 Å². The third-order valence-electron chi connectivity index (χ3n) is 4.74. The average Bonchev–Trinajstić information content (AvgIpc) is 2.68. The highest BCUT2D eigenvalue weighted by Gasteiger charge is 2.14. The van der Waals surface area contributed by atoms with Gasteiger partial charge in [-0.1, -0.05) is 30.3 Å². The summed E-state index contributed by atoms with van der Waals surface area (Å²) in [6, 6.07) is 14.3. The van der Waals surface area contributed by atoms with Gasteiger partial charge >= 0.3 is 0 Å². The molecule has 1 aliphatic rings. The summed E-state index contributed by atoms with van der Waals surface area (Å²) >= 11 is 3.64. The molecule has 0 bridgehead atoms. The Balaban J connectivity index is 1.59. The van der Waals surface area contributed by atoms with Crippen LogP contribution in [0.3, 0.4) is 0 Å². The van der Waals surface area contributed by atoms with E-state index in [9.17, 15) is 0 Å². The van der Waals surface area contributed by atoms with E-state index in [1.54, 1.807) is 7.11 Å². The second kappa shape index (κ2) is 9.95. The van der Waals surface area contributed by atoms with E-state index >= 15 is 0 Å². The molecule has 3 rings (SSSR count). The highest BCUT2D eigenvalue weighted by Crippen LogP contribution is 2.37. The van der Waals surface area contributed by atoms with E-state index in [1.165, 1.54) is 18.4 Å². The highest BCUT2D eigenvalue weighted by molar-refractivity contribution is 9.10. The molecule has 5 heteroatoms. The number of methoxy groups -OCH3 is 1. The Morgan fingerprint density at radius 2 is 1.88 bits per heavy atom. The summed E-state index contributed by atoms with van der Waals surface area (Å²) in [5.41, 5.74) is 2.32. The molecule has 0 unspecified atom stereocenters. The average molecular weight is 419 g/mol. The van der Waals surface area contributed by atoms with E-state index in [1.807, 2.05) is 18.2 Å². The van der Waals surface area contributed by atoms with Crippen LogP contribution in [0.15, 0.2) is 46.9 Å². The molecule has 0 atom stereocenters. The fraction of sp³-hybridized carbons (Fsp3) is 0.429. The van der Waals surface area contributed by atoms with Gasteiger partial charge in [0.2, 0.25) is 0 Å². The number of nitrogens with one attached hydrogen (secondary N) is 2. The summed E-state index contributed by atoms with van der Waals surface area (Å²) in [7, 11) is 1.68. The standard InChI is InChI=1S/C21H27BrN2O2/c1-25-20-12-18(14-24-13-16-7-9-23-10-8-16)11-19(22)21(20)26-15-17-5-3-2-4-6-17/h2-6,11-12,16,23-24H,7-10,13-15H2,1H3. The first-order valence-electron chi connectivity index (χ1n) is 9.21. The van der Waals surface area contributed by atoms with E-state index in [4.69, 9.17) is 9.47 Å². The van der Waals surface area contributed by atoms with Crippen molar-refractivity contribution in [2.45, 2.75) is 26.0 Å². The van der Waals surface area contributed by atoms with Crippen molar-refractivity contribution in [1.82, 2.24) is 10.6 Å². The molecule has 2 N–H and O–H groups in total. The van der Waals surface area contributed by atoms with Crippen molar-refractivity contribution in [3.8, 4) is 11.5 Å². The topological polar surface area (TPSA) is 42.5 Å². The third-order valence-corrected chi connectivity index (χ3v) is 5.33. The minimum atomic E-state index is 0.517. The molecule has 1 aliphatic heterocycles. The van der Waals surface area contributed by atoms with Crippen LogP contribution in [-0.4, -0.2) is 26.7 Å². The number of benzene rings is 2. The van der Waals surface area contributed by atoms with Gasteiger partial charge in [-0.15, -0.1) is 0 Å². The van der Waals surface area contributed by atoms with Crippen LogP contribution in [-0.2, 0) is 13.2 Å². The van der Waals surface area contributed by atoms with E-state index in [2.05, 4.69) is 50.8 Å². The fourth-order valence-electron chi connectivity index (χ4n) is 3.25. The molecule has 2 aromatic carbocycles. The number of hydrogen-bond donors (Lipinski definition) is 2. The van der Waals surface area contributed by atoms with Gasteiger partial charge in [-0.25, -0.2) is 0 Å². The van der Waals surface area contributed by atoms with E-state index in [0.29, 0.717) is 6.61 Å². The number of piperidine rings is 1. The quantitative estimate of drug-likeness (QED) is 0.676. The Kier molecular flexibility index (Phi) is 7.35. The summed E-state index contributed by atoms with van der Waals surface area (Å²) in [4.78, 5) is 0. The van der Waals surface area contributed by atoms with Crippen molar-refractivity contribution in [3.63, 3.8) is 0 Å². The van der Waals surface area contributed by atoms with Crippen LogP contribution in [0.2, 0.25) is 0 Å². The molecule has 1 heterocycles. The zero-order valence-corrected chi connectivity index (χ0v) is 16.8. The Bertz CT molecular complexity index is 688. The second-order valence-corrected chi connectivity index (χ2v) is 7.56. The Morgan fingerprint density at radius 3 is 2.62 bits per heavy atom. The minimum absolute atomic E-state index is 0.517. The Labute approximate surface area is 164 Å². The van der Waals surface area contributed by atoms with Gasteiger partial charge < -0.3 is 20.1 Å². The zero-order valence-electron chi connectivity index (χ0n) is 15.3. The maximum Gasteiger partial charge on any atom is 0.175 e. The predicted octanol–water partition coefficient (Wildman–Crippen LogP) is 4.13. The van der Waals surface area contributed by atoms with Crippen LogP contribution in [0, 0.1) is 5.92 Å². The first-order valence-corrected chi connectivity index (χ1v) is 10.00. The van der Waals surface area contributed by atoms with Gasteiger partial charge in [0.05, 0.1) is 11.6 Å². The highest BCUT2D eigenvalue weighted by atomic mass is 79.9.